The Hall–Kier alpha value is -1.31. The summed E-state index contributed by atoms with van der Waals surface area (Å²) >= 11 is 0. The normalized spacial score (nSPS) is 11.7. The average molecular weight is 193 g/mol. The van der Waals surface area contributed by atoms with Gasteiger partial charge in [0.2, 0.25) is 0 Å². The SMILES string of the molecule is C=CC(=C)CC=CCCOC(C)=NC. The standard InChI is InChI=1S/C12H19NO/c1-5-11(2)9-7-6-8-10-14-12(3)13-4/h5-7H,1-2,8-10H2,3-4H3. The summed E-state index contributed by atoms with van der Waals surface area (Å²) in [7, 11) is 1.72. The molecule has 2 heteroatoms. The van der Waals surface area contributed by atoms with Crippen molar-refractivity contribution in [3.8, 4) is 0 Å². The predicted molar refractivity (Wildman–Crippen MR) is 62.7 cm³/mol. The molecule has 0 amide bonds. The minimum atomic E-state index is 0.681. The van der Waals surface area contributed by atoms with Gasteiger partial charge in [0, 0.05) is 14.0 Å². The summed E-state index contributed by atoms with van der Waals surface area (Å²) in [5.74, 6) is 0.730. The van der Waals surface area contributed by atoms with Crippen molar-refractivity contribution >= 4 is 5.90 Å². The molecule has 14 heavy (non-hydrogen) atoms. The van der Waals surface area contributed by atoms with Gasteiger partial charge >= 0.3 is 0 Å². The number of nitrogens with zero attached hydrogens (tertiary/aromatic N) is 1. The smallest absolute Gasteiger partial charge is 0.179 e. The van der Waals surface area contributed by atoms with Crippen molar-refractivity contribution in [1.29, 1.82) is 0 Å². The van der Waals surface area contributed by atoms with Crippen LogP contribution in [0.1, 0.15) is 19.8 Å². The number of rotatable bonds is 6. The number of hydrogen-bond acceptors (Lipinski definition) is 2. The lowest BCUT2D eigenvalue weighted by Crippen LogP contribution is -1.99. The second-order valence-electron chi connectivity index (χ2n) is 2.92. The number of allylic oxidation sites excluding steroid dienone is 3. The van der Waals surface area contributed by atoms with Crippen LogP contribution in [0.5, 0.6) is 0 Å². The van der Waals surface area contributed by atoms with Gasteiger partial charge < -0.3 is 4.74 Å². The van der Waals surface area contributed by atoms with Crippen molar-refractivity contribution in [3.05, 3.63) is 37.0 Å². The molecular formula is C12H19NO. The minimum absolute atomic E-state index is 0.681. The monoisotopic (exact) mass is 193 g/mol. The lowest BCUT2D eigenvalue weighted by molar-refractivity contribution is 0.309. The molecule has 0 bridgehead atoms. The minimum Gasteiger partial charge on any atom is -0.481 e. The van der Waals surface area contributed by atoms with Crippen molar-refractivity contribution in [2.24, 2.45) is 4.99 Å². The van der Waals surface area contributed by atoms with Gasteiger partial charge in [0.15, 0.2) is 5.90 Å². The number of hydrogen-bond donors (Lipinski definition) is 0. The van der Waals surface area contributed by atoms with E-state index in [0.29, 0.717) is 6.61 Å². The zero-order valence-electron chi connectivity index (χ0n) is 9.12. The first kappa shape index (κ1) is 12.7. The number of aliphatic imine (C=N–C) groups is 1. The third-order valence-electron chi connectivity index (χ3n) is 1.75. The van der Waals surface area contributed by atoms with E-state index in [1.807, 2.05) is 6.92 Å². The fourth-order valence-corrected chi connectivity index (χ4v) is 0.775. The van der Waals surface area contributed by atoms with Crippen LogP contribution in [0.3, 0.4) is 0 Å². The molecule has 78 valence electrons. The summed E-state index contributed by atoms with van der Waals surface area (Å²) in [6.07, 6.45) is 7.69. The number of ether oxygens (including phenoxy) is 1. The Balaban J connectivity index is 3.45. The Morgan fingerprint density at radius 1 is 1.43 bits per heavy atom. The van der Waals surface area contributed by atoms with Crippen molar-refractivity contribution in [2.45, 2.75) is 19.8 Å². The molecule has 0 spiro atoms. The molecule has 0 heterocycles. The predicted octanol–water partition coefficient (Wildman–Crippen LogP) is 3.13. The Morgan fingerprint density at radius 3 is 2.71 bits per heavy atom. The first-order valence-corrected chi connectivity index (χ1v) is 4.72. The Morgan fingerprint density at radius 2 is 2.14 bits per heavy atom. The zero-order valence-corrected chi connectivity index (χ0v) is 9.12. The molecule has 0 aliphatic heterocycles. The maximum atomic E-state index is 5.28. The van der Waals surface area contributed by atoms with Gasteiger partial charge in [-0.3, -0.25) is 4.99 Å². The van der Waals surface area contributed by atoms with Crippen LogP contribution < -0.4 is 0 Å². The van der Waals surface area contributed by atoms with E-state index in [9.17, 15) is 0 Å². The Labute approximate surface area is 86.7 Å². The molecule has 0 aromatic carbocycles. The van der Waals surface area contributed by atoms with Crippen LogP contribution in [0.4, 0.5) is 0 Å². The van der Waals surface area contributed by atoms with Crippen molar-refractivity contribution in [1.82, 2.24) is 0 Å². The van der Waals surface area contributed by atoms with Crippen LogP contribution in [0, 0.1) is 0 Å². The van der Waals surface area contributed by atoms with Crippen LogP contribution in [-0.4, -0.2) is 19.6 Å². The van der Waals surface area contributed by atoms with Gasteiger partial charge in [-0.1, -0.05) is 37.0 Å². The van der Waals surface area contributed by atoms with Gasteiger partial charge in [0.25, 0.3) is 0 Å². The van der Waals surface area contributed by atoms with Crippen LogP contribution >= 0.6 is 0 Å². The molecule has 0 radical (unpaired) electrons. The van der Waals surface area contributed by atoms with Gasteiger partial charge in [-0.2, -0.15) is 0 Å². The first-order valence-electron chi connectivity index (χ1n) is 4.72. The third kappa shape index (κ3) is 7.35. The van der Waals surface area contributed by atoms with Crippen LogP contribution in [0.15, 0.2) is 42.0 Å². The van der Waals surface area contributed by atoms with Crippen molar-refractivity contribution in [2.75, 3.05) is 13.7 Å². The molecule has 0 aliphatic rings. The highest BCUT2D eigenvalue weighted by Gasteiger charge is 1.87. The van der Waals surface area contributed by atoms with Gasteiger partial charge in [0.05, 0.1) is 6.61 Å². The fraction of sp³-hybridized carbons (Fsp3) is 0.417. The van der Waals surface area contributed by atoms with Crippen LogP contribution in [0.2, 0.25) is 0 Å². The molecule has 0 saturated heterocycles. The molecule has 0 rings (SSSR count). The van der Waals surface area contributed by atoms with E-state index >= 15 is 0 Å². The van der Waals surface area contributed by atoms with E-state index in [4.69, 9.17) is 4.74 Å². The maximum Gasteiger partial charge on any atom is 0.179 e. The summed E-state index contributed by atoms with van der Waals surface area (Å²) in [5, 5.41) is 0. The molecule has 0 atom stereocenters. The molecular weight excluding hydrogens is 174 g/mol. The second-order valence-corrected chi connectivity index (χ2v) is 2.92. The van der Waals surface area contributed by atoms with Crippen molar-refractivity contribution in [3.63, 3.8) is 0 Å². The largest absolute Gasteiger partial charge is 0.481 e. The molecule has 2 nitrogen and oxygen atoms in total. The molecule has 0 aliphatic carbocycles. The van der Waals surface area contributed by atoms with Crippen LogP contribution in [-0.2, 0) is 4.74 Å². The van der Waals surface area contributed by atoms with E-state index in [1.54, 1.807) is 13.1 Å². The van der Waals surface area contributed by atoms with E-state index in [-0.39, 0.29) is 0 Å². The van der Waals surface area contributed by atoms with E-state index in [2.05, 4.69) is 30.3 Å². The Kier molecular flexibility index (Phi) is 7.52. The van der Waals surface area contributed by atoms with Gasteiger partial charge in [-0.25, -0.2) is 0 Å². The van der Waals surface area contributed by atoms with E-state index in [0.717, 1.165) is 24.3 Å². The molecule has 0 aromatic heterocycles. The molecule has 0 N–H and O–H groups in total. The van der Waals surface area contributed by atoms with E-state index in [1.165, 1.54) is 0 Å². The summed E-state index contributed by atoms with van der Waals surface area (Å²) < 4.78 is 5.28. The quantitative estimate of drug-likeness (QED) is 0.209. The molecule has 0 saturated carbocycles. The topological polar surface area (TPSA) is 21.6 Å². The molecule has 0 fully saturated rings. The zero-order chi connectivity index (χ0) is 10.8. The molecule has 0 unspecified atom stereocenters. The fourth-order valence-electron chi connectivity index (χ4n) is 0.775. The maximum absolute atomic E-state index is 5.28. The highest BCUT2D eigenvalue weighted by atomic mass is 16.5. The lowest BCUT2D eigenvalue weighted by Gasteiger charge is -2.01. The second kappa shape index (κ2) is 8.30. The highest BCUT2D eigenvalue weighted by molar-refractivity contribution is 5.72. The average Bonchev–Trinajstić information content (AvgIpc) is 2.22. The summed E-state index contributed by atoms with van der Waals surface area (Å²) in [6.45, 7) is 9.98. The van der Waals surface area contributed by atoms with E-state index < -0.39 is 0 Å². The highest BCUT2D eigenvalue weighted by Crippen LogP contribution is 2.00. The summed E-state index contributed by atoms with van der Waals surface area (Å²) in [6, 6.07) is 0. The summed E-state index contributed by atoms with van der Waals surface area (Å²) in [4.78, 5) is 3.89. The van der Waals surface area contributed by atoms with Gasteiger partial charge in [-0.05, 0) is 12.8 Å². The third-order valence-corrected chi connectivity index (χ3v) is 1.75. The first-order chi connectivity index (χ1) is 6.70. The lowest BCUT2D eigenvalue weighted by atomic mass is 10.2. The van der Waals surface area contributed by atoms with Crippen molar-refractivity contribution < 1.29 is 4.74 Å². The van der Waals surface area contributed by atoms with Gasteiger partial charge in [-0.15, -0.1) is 0 Å². The Bertz CT molecular complexity index is 239. The van der Waals surface area contributed by atoms with Gasteiger partial charge in [0.1, 0.15) is 0 Å². The van der Waals surface area contributed by atoms with Crippen LogP contribution in [0.25, 0.3) is 0 Å². The summed E-state index contributed by atoms with van der Waals surface area (Å²) in [5.41, 5.74) is 1.04. The molecule has 0 aromatic rings.